The summed E-state index contributed by atoms with van der Waals surface area (Å²) in [4.78, 5) is 51.8. The first kappa shape index (κ1) is 51.0. The van der Waals surface area contributed by atoms with Crippen molar-refractivity contribution < 1.29 is 54.3 Å². The van der Waals surface area contributed by atoms with Crippen LogP contribution in [-0.2, 0) is 34.3 Å². The van der Waals surface area contributed by atoms with Crippen LogP contribution >= 0.6 is 0 Å². The number of aryl methyl sites for hydroxylation is 4. The number of amides is 4. The molecule has 16 nitrogen and oxygen atoms in total. The zero-order valence-corrected chi connectivity index (χ0v) is 39.7. The molecule has 0 saturated heterocycles. The fourth-order valence-electron chi connectivity index (χ4n) is 6.64. The Labute approximate surface area is 404 Å². The topological polar surface area (TPSA) is 239 Å². The number of benzene rings is 6. The van der Waals surface area contributed by atoms with Crippen molar-refractivity contribution >= 4 is 77.4 Å². The molecule has 0 bridgehead atoms. The minimum absolute atomic E-state index is 0.178. The van der Waals surface area contributed by atoms with Gasteiger partial charge in [-0.3, -0.25) is 19.2 Å². The summed E-state index contributed by atoms with van der Waals surface area (Å²) in [5.74, 6) is -1.24. The molecule has 2 heterocycles. The molecule has 0 radical (unpaired) electrons. The monoisotopic (exact) mass is 978 g/mol. The molecule has 8 aromatic rings. The van der Waals surface area contributed by atoms with Crippen LogP contribution in [0.3, 0.4) is 0 Å². The first-order chi connectivity index (χ1) is 33.2. The Morgan fingerprint density at radius 3 is 1.04 bits per heavy atom. The summed E-state index contributed by atoms with van der Waals surface area (Å²) in [5.41, 5.74) is 5.90. The largest absolute Gasteiger partial charge is 0.744 e. The number of nitrogens with one attached hydrogen (secondary N) is 4. The highest BCUT2D eigenvalue weighted by Crippen LogP contribution is 2.26. The van der Waals surface area contributed by atoms with Crippen LogP contribution in [0.2, 0.25) is 0 Å². The molecule has 4 N–H and O–H groups in total. The lowest BCUT2D eigenvalue weighted by molar-refractivity contribution is -0.670. The zero-order chi connectivity index (χ0) is 50.6. The maximum absolute atomic E-state index is 13.4. The minimum atomic E-state index is -4.27. The van der Waals surface area contributed by atoms with Gasteiger partial charge >= 0.3 is 0 Å². The van der Waals surface area contributed by atoms with Gasteiger partial charge in [-0.25, -0.2) is 26.0 Å². The van der Waals surface area contributed by atoms with Gasteiger partial charge in [0.2, 0.25) is 0 Å². The second-order valence-electron chi connectivity index (χ2n) is 15.7. The van der Waals surface area contributed by atoms with Crippen LogP contribution in [-0.4, -0.2) is 49.6 Å². The van der Waals surface area contributed by atoms with Crippen molar-refractivity contribution in [3.8, 4) is 0 Å². The number of carbonyl (C=O) groups excluding carboxylic acids is 4. The molecule has 18 heteroatoms. The van der Waals surface area contributed by atoms with Crippen molar-refractivity contribution in [1.29, 1.82) is 0 Å². The zero-order valence-electron chi connectivity index (χ0n) is 38.1. The van der Waals surface area contributed by atoms with Crippen LogP contribution in [0.5, 0.6) is 0 Å². The van der Waals surface area contributed by atoms with Gasteiger partial charge < -0.3 is 30.4 Å². The first-order valence-electron chi connectivity index (χ1n) is 21.2. The van der Waals surface area contributed by atoms with Gasteiger partial charge in [0, 0.05) is 45.8 Å². The summed E-state index contributed by atoms with van der Waals surface area (Å²) in [7, 11) is -4.80. The third kappa shape index (κ3) is 14.3. The van der Waals surface area contributed by atoms with Crippen LogP contribution < -0.4 is 30.4 Å². The molecule has 0 unspecified atom stereocenters. The van der Waals surface area contributed by atoms with Gasteiger partial charge in [-0.2, -0.15) is 0 Å². The van der Waals surface area contributed by atoms with E-state index in [4.69, 9.17) is 0 Å². The highest BCUT2D eigenvalue weighted by Gasteiger charge is 2.18. The van der Waals surface area contributed by atoms with Gasteiger partial charge in [0.25, 0.3) is 23.6 Å². The average Bonchev–Trinajstić information content (AvgIpc) is 3.31. The predicted octanol–water partition coefficient (Wildman–Crippen LogP) is 7.30. The molecule has 8 rings (SSSR count). The van der Waals surface area contributed by atoms with Gasteiger partial charge in [0.1, 0.15) is 45.7 Å². The molecule has 0 atom stereocenters. The Morgan fingerprint density at radius 1 is 0.400 bits per heavy atom. The fraction of sp³-hybridized carbons (Fsp3) is 0.0769. The van der Waals surface area contributed by atoms with E-state index in [2.05, 4.69) is 21.3 Å². The second-order valence-corrected chi connectivity index (χ2v) is 18.5. The molecule has 2 aromatic heterocycles. The molecule has 6 aromatic carbocycles. The predicted molar refractivity (Wildman–Crippen MR) is 262 cm³/mol. The quantitative estimate of drug-likeness (QED) is 0.0788. The molecule has 0 aliphatic carbocycles. The lowest BCUT2D eigenvalue weighted by Crippen LogP contribution is -2.27. The van der Waals surface area contributed by atoms with Gasteiger partial charge in [0.05, 0.1) is 9.79 Å². The van der Waals surface area contributed by atoms with Gasteiger partial charge in [0.15, 0.2) is 24.8 Å². The summed E-state index contributed by atoms with van der Waals surface area (Å²) in [6.45, 7) is 3.64. The molecule has 4 amide bonds. The number of carbonyl (C=O) groups is 4. The number of pyridine rings is 2. The number of anilines is 4. The smallest absolute Gasteiger partial charge is 0.256 e. The SMILES string of the molecule is C[n+]1cccc(NC(=O)c2ccc(NC(=O)c3ccc(C(=O)Nc4ccc(C(=O)Nc5ccc[n+](C)c5)cc4)c4ccccc34)cc2)c1.Cc1ccc(S(=O)(=O)[O-])cc1.Cc1ccc(S(=O)(=O)[O-])cc1. The van der Waals surface area contributed by atoms with Crippen molar-refractivity contribution in [3.63, 3.8) is 0 Å². The van der Waals surface area contributed by atoms with Gasteiger partial charge in [-0.1, -0.05) is 59.7 Å². The van der Waals surface area contributed by atoms with Crippen molar-refractivity contribution in [2.45, 2.75) is 23.6 Å². The number of hydrogen-bond acceptors (Lipinski definition) is 10. The van der Waals surface area contributed by atoms with Crippen LogP contribution in [0, 0.1) is 13.8 Å². The van der Waals surface area contributed by atoms with E-state index in [0.29, 0.717) is 55.8 Å². The summed E-state index contributed by atoms with van der Waals surface area (Å²) >= 11 is 0. The highest BCUT2D eigenvalue weighted by atomic mass is 32.2. The third-order valence-corrected chi connectivity index (χ3v) is 11.9. The van der Waals surface area contributed by atoms with E-state index >= 15 is 0 Å². The van der Waals surface area contributed by atoms with Crippen LogP contribution in [0.4, 0.5) is 22.7 Å². The van der Waals surface area contributed by atoms with E-state index < -0.39 is 20.2 Å². The van der Waals surface area contributed by atoms with Crippen LogP contribution in [0.1, 0.15) is 52.6 Å². The standard InChI is InChI=1S/C38H30N6O4.2C7H8O3S/c1-43-21-5-7-29(23-43)41-35(45)25-11-15-27(16-12-25)39-37(47)33-19-20-34(32-10-4-3-9-31(32)33)38(48)40-28-17-13-26(14-18-28)36(46)42-30-8-6-22-44(2)24-30;2*1-6-2-4-7(5-3-6)11(8,9)10/h3-24H,1-2H3,(H2-2,39,40,41,42,45,46,47,48);2*2-5H,1H3,(H,8,9,10). The molecule has 0 saturated carbocycles. The van der Waals surface area contributed by atoms with E-state index in [0.717, 1.165) is 11.1 Å². The van der Waals surface area contributed by atoms with E-state index in [1.807, 2.05) is 61.6 Å². The van der Waals surface area contributed by atoms with Crippen LogP contribution in [0.15, 0.2) is 192 Å². The van der Waals surface area contributed by atoms with Gasteiger partial charge in [-0.15, -0.1) is 0 Å². The second kappa shape index (κ2) is 22.6. The van der Waals surface area contributed by atoms with E-state index in [1.165, 1.54) is 24.3 Å². The third-order valence-electron chi connectivity index (χ3n) is 10.2. The molecule has 70 heavy (non-hydrogen) atoms. The highest BCUT2D eigenvalue weighted by molar-refractivity contribution is 7.86. The van der Waals surface area contributed by atoms with E-state index in [1.54, 1.807) is 134 Å². The molecule has 0 fully saturated rings. The summed E-state index contributed by atoms with van der Waals surface area (Å²) in [6.07, 6.45) is 7.35. The summed E-state index contributed by atoms with van der Waals surface area (Å²) in [6, 6.07) is 42.5. The van der Waals surface area contributed by atoms with Crippen LogP contribution in [0.25, 0.3) is 10.8 Å². The Morgan fingerprint density at radius 2 is 0.729 bits per heavy atom. The minimum Gasteiger partial charge on any atom is -0.744 e. The number of rotatable bonds is 10. The Kier molecular flexibility index (Phi) is 16.4. The molecule has 0 aliphatic rings. The normalized spacial score (nSPS) is 10.9. The molecular formula is C52H46N6O10S2. The van der Waals surface area contributed by atoms with Crippen molar-refractivity contribution in [1.82, 2.24) is 0 Å². The van der Waals surface area contributed by atoms with Crippen molar-refractivity contribution in [2.24, 2.45) is 14.1 Å². The Bertz CT molecular complexity index is 3200. The average molecular weight is 979 g/mol. The Balaban J connectivity index is 0.000000298. The molecule has 0 spiro atoms. The van der Waals surface area contributed by atoms with E-state index in [9.17, 15) is 45.1 Å². The number of hydrogen-bond donors (Lipinski definition) is 4. The molecule has 0 aliphatic heterocycles. The van der Waals surface area contributed by atoms with Crippen molar-refractivity contribution in [2.75, 3.05) is 21.3 Å². The maximum Gasteiger partial charge on any atom is 0.256 e. The van der Waals surface area contributed by atoms with Gasteiger partial charge in [-0.05, 0) is 122 Å². The molecular weight excluding hydrogens is 933 g/mol. The lowest BCUT2D eigenvalue weighted by Gasteiger charge is -2.13. The summed E-state index contributed by atoms with van der Waals surface area (Å²) in [5, 5.41) is 12.7. The van der Waals surface area contributed by atoms with Crippen molar-refractivity contribution in [3.05, 3.63) is 216 Å². The van der Waals surface area contributed by atoms with E-state index in [-0.39, 0.29) is 33.4 Å². The Hall–Kier alpha value is -8.42. The fourth-order valence-corrected chi connectivity index (χ4v) is 7.58. The number of aromatic nitrogens is 2. The number of fused-ring (bicyclic) bond motifs is 1. The molecule has 356 valence electrons. The number of nitrogens with zero attached hydrogens (tertiary/aromatic N) is 2. The first-order valence-corrected chi connectivity index (χ1v) is 24.0. The maximum atomic E-state index is 13.4. The lowest BCUT2D eigenvalue weighted by atomic mass is 9.98. The summed E-state index contributed by atoms with van der Waals surface area (Å²) < 4.78 is 66.0.